The minimum Gasteiger partial charge on any atom is -0.359 e. The summed E-state index contributed by atoms with van der Waals surface area (Å²) in [6.07, 6.45) is 5.86. The van der Waals surface area contributed by atoms with Gasteiger partial charge in [0, 0.05) is 37.7 Å². The highest BCUT2D eigenvalue weighted by molar-refractivity contribution is 6.03. The molecule has 2 heterocycles. The Hall–Kier alpha value is -3.28. The molecule has 0 aliphatic carbocycles. The average Bonchev–Trinajstić information content (AvgIpc) is 2.69. The molecule has 0 aliphatic heterocycles. The van der Waals surface area contributed by atoms with Gasteiger partial charge in [-0.25, -0.2) is 9.97 Å². The van der Waals surface area contributed by atoms with Gasteiger partial charge in [0.25, 0.3) is 5.91 Å². The molecule has 1 aromatic carbocycles. The van der Waals surface area contributed by atoms with Crippen LogP contribution < -0.4 is 10.2 Å². The molecule has 6 nitrogen and oxygen atoms in total. The average molecular weight is 347 g/mol. The fourth-order valence-electron chi connectivity index (χ4n) is 2.47. The van der Waals surface area contributed by atoms with E-state index in [-0.39, 0.29) is 5.91 Å². The normalized spacial score (nSPS) is 10.4. The van der Waals surface area contributed by atoms with Gasteiger partial charge in [-0.05, 0) is 43.2 Å². The lowest BCUT2D eigenvalue weighted by atomic mass is 10.2. The number of hydrogen-bond acceptors (Lipinski definition) is 5. The topological polar surface area (TPSA) is 71.0 Å². The van der Waals surface area contributed by atoms with Gasteiger partial charge in [0.1, 0.15) is 17.8 Å². The number of aryl methyl sites for hydroxylation is 1. The lowest BCUT2D eigenvalue weighted by Crippen LogP contribution is -2.23. The summed E-state index contributed by atoms with van der Waals surface area (Å²) in [6.45, 7) is 2.78. The molecule has 6 heteroatoms. The third-order valence-corrected chi connectivity index (χ3v) is 4.07. The van der Waals surface area contributed by atoms with Crippen molar-refractivity contribution in [2.45, 2.75) is 13.3 Å². The van der Waals surface area contributed by atoms with Gasteiger partial charge in [-0.3, -0.25) is 9.78 Å². The Bertz CT molecular complexity index is 865. The lowest BCUT2D eigenvalue weighted by molar-refractivity contribution is 0.102. The van der Waals surface area contributed by atoms with E-state index in [1.165, 1.54) is 11.9 Å². The monoisotopic (exact) mass is 347 g/mol. The van der Waals surface area contributed by atoms with E-state index in [1.54, 1.807) is 18.5 Å². The van der Waals surface area contributed by atoms with E-state index in [9.17, 15) is 4.79 Å². The van der Waals surface area contributed by atoms with Gasteiger partial charge in [-0.15, -0.1) is 0 Å². The molecule has 0 atom stereocenters. The zero-order valence-electron chi connectivity index (χ0n) is 14.9. The number of aromatic nitrogens is 3. The number of nitrogens with zero attached hydrogens (tertiary/aromatic N) is 4. The molecule has 3 aromatic rings. The van der Waals surface area contributed by atoms with Gasteiger partial charge >= 0.3 is 0 Å². The first-order valence-electron chi connectivity index (χ1n) is 8.42. The molecule has 0 saturated heterocycles. The Balaban J connectivity index is 1.65. The Morgan fingerprint density at radius 3 is 2.54 bits per heavy atom. The fraction of sp³-hybridized carbons (Fsp3) is 0.200. The highest BCUT2D eigenvalue weighted by Gasteiger charge is 2.11. The Morgan fingerprint density at radius 2 is 1.81 bits per heavy atom. The first kappa shape index (κ1) is 17.5. The second-order valence-corrected chi connectivity index (χ2v) is 6.11. The quantitative estimate of drug-likeness (QED) is 0.742. The summed E-state index contributed by atoms with van der Waals surface area (Å²) >= 11 is 0. The molecule has 0 saturated carbocycles. The number of nitrogens with one attached hydrogen (secondary N) is 1. The number of rotatable bonds is 6. The summed E-state index contributed by atoms with van der Waals surface area (Å²) < 4.78 is 0. The lowest BCUT2D eigenvalue weighted by Gasteiger charge is -2.18. The molecule has 0 bridgehead atoms. The van der Waals surface area contributed by atoms with Crippen molar-refractivity contribution < 1.29 is 4.79 Å². The summed E-state index contributed by atoms with van der Waals surface area (Å²) in [5, 5.41) is 2.85. The maximum Gasteiger partial charge on any atom is 0.274 e. The maximum absolute atomic E-state index is 12.4. The van der Waals surface area contributed by atoms with E-state index in [0.29, 0.717) is 11.5 Å². The van der Waals surface area contributed by atoms with Crippen molar-refractivity contribution in [3.63, 3.8) is 0 Å². The van der Waals surface area contributed by atoms with Gasteiger partial charge in [-0.1, -0.05) is 17.7 Å². The molecular formula is C20H21N5O. The number of anilines is 2. The summed E-state index contributed by atoms with van der Waals surface area (Å²) in [5.74, 6) is 0.461. The first-order valence-corrected chi connectivity index (χ1v) is 8.42. The Kier molecular flexibility index (Phi) is 5.53. The third kappa shape index (κ3) is 4.63. The van der Waals surface area contributed by atoms with Crippen molar-refractivity contribution in [3.05, 3.63) is 78.0 Å². The number of amides is 1. The second kappa shape index (κ2) is 8.20. The van der Waals surface area contributed by atoms with Gasteiger partial charge < -0.3 is 10.2 Å². The maximum atomic E-state index is 12.4. The van der Waals surface area contributed by atoms with Crippen LogP contribution in [0.2, 0.25) is 0 Å². The van der Waals surface area contributed by atoms with Crippen molar-refractivity contribution in [3.8, 4) is 0 Å². The van der Waals surface area contributed by atoms with E-state index in [4.69, 9.17) is 0 Å². The molecule has 26 heavy (non-hydrogen) atoms. The van der Waals surface area contributed by atoms with Crippen molar-refractivity contribution >= 4 is 17.4 Å². The van der Waals surface area contributed by atoms with Gasteiger partial charge in [-0.2, -0.15) is 0 Å². The van der Waals surface area contributed by atoms with Crippen molar-refractivity contribution in [1.29, 1.82) is 0 Å². The van der Waals surface area contributed by atoms with Crippen LogP contribution in [0.15, 0.2) is 61.2 Å². The number of benzene rings is 1. The predicted octanol–water partition coefficient (Wildman–Crippen LogP) is 3.11. The van der Waals surface area contributed by atoms with Crippen LogP contribution in [-0.4, -0.2) is 34.5 Å². The van der Waals surface area contributed by atoms with E-state index < -0.39 is 0 Å². The number of hydrogen-bond donors (Lipinski definition) is 1. The van der Waals surface area contributed by atoms with Crippen LogP contribution in [0.1, 0.15) is 21.6 Å². The van der Waals surface area contributed by atoms with E-state index in [1.807, 2.05) is 55.3 Å². The Labute approximate surface area is 153 Å². The zero-order valence-corrected chi connectivity index (χ0v) is 14.9. The smallest absolute Gasteiger partial charge is 0.274 e. The van der Waals surface area contributed by atoms with Gasteiger partial charge in [0.15, 0.2) is 0 Å². The van der Waals surface area contributed by atoms with Crippen LogP contribution in [0, 0.1) is 6.92 Å². The van der Waals surface area contributed by atoms with Crippen LogP contribution in [-0.2, 0) is 6.42 Å². The highest BCUT2D eigenvalue weighted by Crippen LogP contribution is 2.13. The fourth-order valence-corrected chi connectivity index (χ4v) is 2.47. The van der Waals surface area contributed by atoms with E-state index >= 15 is 0 Å². The highest BCUT2D eigenvalue weighted by atomic mass is 16.1. The van der Waals surface area contributed by atoms with Crippen LogP contribution in [0.4, 0.5) is 11.5 Å². The summed E-state index contributed by atoms with van der Waals surface area (Å²) in [7, 11) is 1.95. The van der Waals surface area contributed by atoms with Crippen LogP contribution in [0.3, 0.4) is 0 Å². The number of carbonyl (C=O) groups is 1. The molecule has 2 aromatic heterocycles. The number of carbonyl (C=O) groups excluding carboxylic acids is 1. The second-order valence-electron chi connectivity index (χ2n) is 6.11. The molecule has 3 rings (SSSR count). The molecule has 0 radical (unpaired) electrons. The van der Waals surface area contributed by atoms with Gasteiger partial charge in [0.05, 0.1) is 0 Å². The number of pyridine rings is 1. The number of likely N-dealkylation sites (N-methyl/N-ethyl adjacent to an activating group) is 1. The minimum absolute atomic E-state index is 0.250. The molecule has 0 spiro atoms. The van der Waals surface area contributed by atoms with Gasteiger partial charge in [0.2, 0.25) is 0 Å². The molecule has 132 valence electrons. The zero-order chi connectivity index (χ0) is 18.4. The third-order valence-electron chi connectivity index (χ3n) is 4.07. The summed E-state index contributed by atoms with van der Waals surface area (Å²) in [4.78, 5) is 26.8. The van der Waals surface area contributed by atoms with E-state index in [2.05, 4.69) is 20.3 Å². The predicted molar refractivity (Wildman–Crippen MR) is 102 cm³/mol. The molecule has 0 unspecified atom stereocenters. The summed E-state index contributed by atoms with van der Waals surface area (Å²) in [5.41, 5.74) is 3.43. The largest absolute Gasteiger partial charge is 0.359 e. The van der Waals surface area contributed by atoms with Crippen LogP contribution in [0.25, 0.3) is 0 Å². The summed E-state index contributed by atoms with van der Waals surface area (Å²) in [6, 6.07) is 13.3. The first-order chi connectivity index (χ1) is 12.6. The van der Waals surface area contributed by atoms with Crippen molar-refractivity contribution in [2.75, 3.05) is 23.8 Å². The van der Waals surface area contributed by atoms with E-state index in [0.717, 1.165) is 24.2 Å². The van der Waals surface area contributed by atoms with Crippen molar-refractivity contribution in [2.24, 2.45) is 0 Å². The van der Waals surface area contributed by atoms with Crippen LogP contribution in [0.5, 0.6) is 0 Å². The molecular weight excluding hydrogens is 326 g/mol. The SMILES string of the molecule is Cc1ccc(NC(=O)c2cc(N(C)CCc3ccncc3)ncn2)cc1. The standard InChI is InChI=1S/C20H21N5O/c1-15-3-5-17(6-4-15)24-20(26)18-13-19(23-14-22-18)25(2)12-9-16-7-10-21-11-8-16/h3-8,10-11,13-14H,9,12H2,1-2H3,(H,24,26). The molecule has 1 amide bonds. The van der Waals surface area contributed by atoms with Crippen LogP contribution >= 0.6 is 0 Å². The minimum atomic E-state index is -0.250. The van der Waals surface area contributed by atoms with Crippen molar-refractivity contribution in [1.82, 2.24) is 15.0 Å². The molecule has 1 N–H and O–H groups in total. The Morgan fingerprint density at radius 1 is 1.08 bits per heavy atom. The molecule has 0 aliphatic rings. The molecule has 0 fully saturated rings.